The van der Waals surface area contributed by atoms with Crippen LogP contribution in [-0.4, -0.2) is 29.6 Å². The van der Waals surface area contributed by atoms with Gasteiger partial charge in [-0.05, 0) is 19.9 Å². The predicted octanol–water partition coefficient (Wildman–Crippen LogP) is 1.74. The van der Waals surface area contributed by atoms with Crippen LogP contribution in [0.1, 0.15) is 26.0 Å². The van der Waals surface area contributed by atoms with Gasteiger partial charge >= 0.3 is 0 Å². The van der Waals surface area contributed by atoms with Crippen LogP contribution in [0.5, 0.6) is 0 Å². The summed E-state index contributed by atoms with van der Waals surface area (Å²) in [6.07, 6.45) is 7.07. The van der Waals surface area contributed by atoms with Crippen molar-refractivity contribution in [3.05, 3.63) is 29.7 Å². The molecule has 0 aliphatic carbocycles. The molecule has 0 bridgehead atoms. The van der Waals surface area contributed by atoms with Crippen molar-refractivity contribution in [3.8, 4) is 0 Å². The molecule has 1 aromatic heterocycles. The highest BCUT2D eigenvalue weighted by atomic mass is 15.2. The second-order valence-corrected chi connectivity index (χ2v) is 4.40. The van der Waals surface area contributed by atoms with Crippen molar-refractivity contribution in [2.24, 2.45) is 0 Å². The van der Waals surface area contributed by atoms with E-state index in [1.165, 1.54) is 5.57 Å². The van der Waals surface area contributed by atoms with Crippen LogP contribution in [0.25, 0.3) is 0 Å². The minimum absolute atomic E-state index is 0.792. The first-order chi connectivity index (χ1) is 8.29. The molecule has 1 aliphatic heterocycles. The molecule has 0 saturated heterocycles. The van der Waals surface area contributed by atoms with Crippen LogP contribution in [0.15, 0.2) is 24.0 Å². The van der Waals surface area contributed by atoms with Crippen LogP contribution in [0.3, 0.4) is 0 Å². The van der Waals surface area contributed by atoms with Crippen molar-refractivity contribution >= 4 is 5.82 Å². The summed E-state index contributed by atoms with van der Waals surface area (Å²) in [5, 5.41) is 3.27. The predicted molar refractivity (Wildman–Crippen MR) is 70.0 cm³/mol. The van der Waals surface area contributed by atoms with Crippen LogP contribution >= 0.6 is 0 Å². The topological polar surface area (TPSA) is 41.1 Å². The van der Waals surface area contributed by atoms with Gasteiger partial charge < -0.3 is 10.2 Å². The van der Waals surface area contributed by atoms with Crippen molar-refractivity contribution in [1.82, 2.24) is 15.3 Å². The second kappa shape index (κ2) is 5.77. The van der Waals surface area contributed by atoms with E-state index in [-0.39, 0.29) is 0 Å². The minimum atomic E-state index is 0.792. The van der Waals surface area contributed by atoms with Gasteiger partial charge in [0.2, 0.25) is 0 Å². The van der Waals surface area contributed by atoms with E-state index >= 15 is 0 Å². The van der Waals surface area contributed by atoms with Crippen LogP contribution in [0.2, 0.25) is 0 Å². The first-order valence-electron chi connectivity index (χ1n) is 6.22. The van der Waals surface area contributed by atoms with Crippen molar-refractivity contribution in [2.75, 3.05) is 24.5 Å². The Bertz CT molecular complexity index is 400. The third kappa shape index (κ3) is 3.27. The standard InChI is InChI=1S/C13H20N4/c1-3-14-8-12-9-15-10-13(16-12)17-6-4-11(2)5-7-17/h4,9-10,14H,3,5-8H2,1-2H3. The summed E-state index contributed by atoms with van der Waals surface area (Å²) in [5.74, 6) is 0.990. The van der Waals surface area contributed by atoms with Crippen LogP contribution in [0, 0.1) is 0 Å². The van der Waals surface area contributed by atoms with E-state index in [9.17, 15) is 0 Å². The molecule has 0 radical (unpaired) electrons. The maximum Gasteiger partial charge on any atom is 0.147 e. The fourth-order valence-corrected chi connectivity index (χ4v) is 1.86. The van der Waals surface area contributed by atoms with Crippen molar-refractivity contribution < 1.29 is 0 Å². The molecule has 4 nitrogen and oxygen atoms in total. The zero-order chi connectivity index (χ0) is 12.1. The average Bonchev–Trinajstić information content (AvgIpc) is 2.37. The molecule has 0 aromatic carbocycles. The van der Waals surface area contributed by atoms with Gasteiger partial charge in [-0.3, -0.25) is 4.98 Å². The van der Waals surface area contributed by atoms with Gasteiger partial charge in [-0.1, -0.05) is 18.6 Å². The molecule has 2 rings (SSSR count). The lowest BCUT2D eigenvalue weighted by Gasteiger charge is -2.26. The lowest BCUT2D eigenvalue weighted by molar-refractivity contribution is 0.700. The summed E-state index contributed by atoms with van der Waals surface area (Å²) in [6, 6.07) is 0. The van der Waals surface area contributed by atoms with Crippen LogP contribution in [-0.2, 0) is 6.54 Å². The van der Waals surface area contributed by atoms with E-state index in [0.717, 1.165) is 44.1 Å². The highest BCUT2D eigenvalue weighted by Crippen LogP contribution is 2.16. The molecular weight excluding hydrogens is 212 g/mol. The Kier molecular flexibility index (Phi) is 4.09. The van der Waals surface area contributed by atoms with Gasteiger partial charge in [0.15, 0.2) is 0 Å². The summed E-state index contributed by atoms with van der Waals surface area (Å²) in [7, 11) is 0. The Morgan fingerprint density at radius 3 is 3.00 bits per heavy atom. The maximum absolute atomic E-state index is 4.63. The van der Waals surface area contributed by atoms with Gasteiger partial charge in [-0.25, -0.2) is 4.98 Å². The first-order valence-corrected chi connectivity index (χ1v) is 6.22. The second-order valence-electron chi connectivity index (χ2n) is 4.40. The number of aromatic nitrogens is 2. The monoisotopic (exact) mass is 232 g/mol. The zero-order valence-electron chi connectivity index (χ0n) is 10.6. The fourth-order valence-electron chi connectivity index (χ4n) is 1.86. The van der Waals surface area contributed by atoms with E-state index in [1.54, 1.807) is 0 Å². The Labute approximate surface area is 103 Å². The molecule has 0 amide bonds. The molecular formula is C13H20N4. The van der Waals surface area contributed by atoms with Gasteiger partial charge in [0.25, 0.3) is 0 Å². The number of anilines is 1. The van der Waals surface area contributed by atoms with E-state index < -0.39 is 0 Å². The number of rotatable bonds is 4. The largest absolute Gasteiger partial charge is 0.351 e. The molecule has 0 unspecified atom stereocenters. The molecule has 92 valence electrons. The third-order valence-corrected chi connectivity index (χ3v) is 2.99. The average molecular weight is 232 g/mol. The van der Waals surface area contributed by atoms with E-state index in [1.807, 2.05) is 12.4 Å². The summed E-state index contributed by atoms with van der Waals surface area (Å²) in [4.78, 5) is 11.2. The Morgan fingerprint density at radius 1 is 1.41 bits per heavy atom. The molecule has 1 aromatic rings. The van der Waals surface area contributed by atoms with E-state index in [2.05, 4.69) is 40.1 Å². The number of nitrogens with zero attached hydrogens (tertiary/aromatic N) is 3. The Morgan fingerprint density at radius 2 is 2.29 bits per heavy atom. The van der Waals surface area contributed by atoms with Gasteiger partial charge in [0.1, 0.15) is 5.82 Å². The third-order valence-electron chi connectivity index (χ3n) is 2.99. The number of nitrogens with one attached hydrogen (secondary N) is 1. The molecule has 0 spiro atoms. The summed E-state index contributed by atoms with van der Waals surface area (Å²) < 4.78 is 0. The lowest BCUT2D eigenvalue weighted by Crippen LogP contribution is -2.29. The number of hydrogen-bond donors (Lipinski definition) is 1. The summed E-state index contributed by atoms with van der Waals surface area (Å²) >= 11 is 0. The van der Waals surface area contributed by atoms with Gasteiger partial charge in [-0.15, -0.1) is 0 Å². The van der Waals surface area contributed by atoms with E-state index in [0.29, 0.717) is 0 Å². The first kappa shape index (κ1) is 12.0. The lowest BCUT2D eigenvalue weighted by atomic mass is 10.1. The molecule has 0 fully saturated rings. The summed E-state index contributed by atoms with van der Waals surface area (Å²) in [6.45, 7) is 8.02. The fraction of sp³-hybridized carbons (Fsp3) is 0.538. The van der Waals surface area contributed by atoms with Crippen LogP contribution in [0.4, 0.5) is 5.82 Å². The van der Waals surface area contributed by atoms with Crippen molar-refractivity contribution in [3.63, 3.8) is 0 Å². The van der Waals surface area contributed by atoms with Crippen molar-refractivity contribution in [1.29, 1.82) is 0 Å². The molecule has 0 saturated carbocycles. The van der Waals surface area contributed by atoms with Gasteiger partial charge in [-0.2, -0.15) is 0 Å². The van der Waals surface area contributed by atoms with Gasteiger partial charge in [0, 0.05) is 25.8 Å². The SMILES string of the molecule is CCNCc1cncc(N2CC=C(C)CC2)n1. The molecule has 2 heterocycles. The normalized spacial score (nSPS) is 15.9. The summed E-state index contributed by atoms with van der Waals surface area (Å²) in [5.41, 5.74) is 2.48. The van der Waals surface area contributed by atoms with Crippen molar-refractivity contribution in [2.45, 2.75) is 26.8 Å². The molecule has 0 atom stereocenters. The molecule has 1 aliphatic rings. The maximum atomic E-state index is 4.63. The molecule has 4 heteroatoms. The quantitative estimate of drug-likeness (QED) is 0.803. The van der Waals surface area contributed by atoms with E-state index in [4.69, 9.17) is 0 Å². The minimum Gasteiger partial charge on any atom is -0.351 e. The highest BCUT2D eigenvalue weighted by Gasteiger charge is 2.11. The van der Waals surface area contributed by atoms with Crippen LogP contribution < -0.4 is 10.2 Å². The highest BCUT2D eigenvalue weighted by molar-refractivity contribution is 5.39. The zero-order valence-corrected chi connectivity index (χ0v) is 10.6. The molecule has 17 heavy (non-hydrogen) atoms. The number of hydrogen-bond acceptors (Lipinski definition) is 4. The smallest absolute Gasteiger partial charge is 0.147 e. The Balaban J connectivity index is 2.05. The molecule has 1 N–H and O–H groups in total. The van der Waals surface area contributed by atoms with Gasteiger partial charge in [0.05, 0.1) is 11.9 Å². The Hall–Kier alpha value is -1.42.